The van der Waals surface area contributed by atoms with Crippen LogP contribution >= 0.6 is 0 Å². The van der Waals surface area contributed by atoms with Crippen molar-refractivity contribution in [3.05, 3.63) is 85.0 Å². The van der Waals surface area contributed by atoms with E-state index in [2.05, 4.69) is 37.6 Å². The number of hydrogen-bond donors (Lipinski definition) is 2. The monoisotopic (exact) mass is 441 g/mol. The summed E-state index contributed by atoms with van der Waals surface area (Å²) >= 11 is 0. The average Bonchev–Trinajstić information content (AvgIpc) is 3.41. The summed E-state index contributed by atoms with van der Waals surface area (Å²) in [6.07, 6.45) is 3.19. The largest absolute Gasteiger partial charge is 0.459 e. The van der Waals surface area contributed by atoms with Crippen molar-refractivity contribution < 1.29 is 13.9 Å². The van der Waals surface area contributed by atoms with Gasteiger partial charge in [0.2, 0.25) is 5.95 Å². The van der Waals surface area contributed by atoms with Crippen LogP contribution in [0, 0.1) is 0 Å². The maximum Gasteiger partial charge on any atom is 0.291 e. The van der Waals surface area contributed by atoms with Crippen LogP contribution in [-0.2, 0) is 4.74 Å². The van der Waals surface area contributed by atoms with Gasteiger partial charge in [0.1, 0.15) is 0 Å². The molecular formula is C25H23N5O3. The molecule has 166 valence electrons. The van der Waals surface area contributed by atoms with Crippen molar-refractivity contribution in [2.75, 3.05) is 41.8 Å². The number of anilines is 4. The molecule has 0 aliphatic carbocycles. The molecule has 8 nitrogen and oxygen atoms in total. The van der Waals surface area contributed by atoms with Gasteiger partial charge < -0.3 is 24.7 Å². The van der Waals surface area contributed by atoms with E-state index in [-0.39, 0.29) is 11.7 Å². The van der Waals surface area contributed by atoms with E-state index >= 15 is 0 Å². The Bertz CT molecular complexity index is 1200. The minimum absolute atomic E-state index is 0.267. The molecular weight excluding hydrogens is 418 g/mol. The molecule has 2 N–H and O–H groups in total. The maximum atomic E-state index is 12.1. The van der Waals surface area contributed by atoms with E-state index in [1.165, 1.54) is 12.0 Å². The van der Waals surface area contributed by atoms with Gasteiger partial charge in [-0.25, -0.2) is 9.97 Å². The van der Waals surface area contributed by atoms with E-state index < -0.39 is 0 Å². The van der Waals surface area contributed by atoms with Crippen molar-refractivity contribution in [1.29, 1.82) is 0 Å². The van der Waals surface area contributed by atoms with Gasteiger partial charge in [0.05, 0.1) is 25.2 Å². The lowest BCUT2D eigenvalue weighted by molar-refractivity contribution is 0.0996. The predicted octanol–water partition coefficient (Wildman–Crippen LogP) is 4.57. The second-order valence-corrected chi connectivity index (χ2v) is 7.55. The summed E-state index contributed by atoms with van der Waals surface area (Å²) in [5.74, 6) is 0.492. The Labute approximate surface area is 191 Å². The van der Waals surface area contributed by atoms with Gasteiger partial charge in [-0.3, -0.25) is 4.79 Å². The van der Waals surface area contributed by atoms with Crippen LogP contribution < -0.4 is 15.5 Å². The number of nitrogens with zero attached hydrogens (tertiary/aromatic N) is 3. The number of furan rings is 1. The summed E-state index contributed by atoms with van der Waals surface area (Å²) in [7, 11) is 0. The van der Waals surface area contributed by atoms with Crippen LogP contribution in [0.25, 0.3) is 11.3 Å². The molecule has 1 aliphatic heterocycles. The summed E-state index contributed by atoms with van der Waals surface area (Å²) in [5.41, 5.74) is 4.46. The molecule has 0 unspecified atom stereocenters. The molecule has 0 saturated carbocycles. The fraction of sp³-hybridized carbons (Fsp3) is 0.160. The van der Waals surface area contributed by atoms with Crippen LogP contribution in [0.5, 0.6) is 0 Å². The number of morpholine rings is 1. The molecule has 1 saturated heterocycles. The van der Waals surface area contributed by atoms with Crippen molar-refractivity contribution in [2.24, 2.45) is 0 Å². The lowest BCUT2D eigenvalue weighted by Gasteiger charge is -2.28. The number of amides is 1. The third-order valence-corrected chi connectivity index (χ3v) is 5.34. The maximum absolute atomic E-state index is 12.1. The van der Waals surface area contributed by atoms with Gasteiger partial charge in [-0.05, 0) is 54.6 Å². The van der Waals surface area contributed by atoms with Crippen LogP contribution in [0.2, 0.25) is 0 Å². The van der Waals surface area contributed by atoms with E-state index in [9.17, 15) is 4.79 Å². The Balaban J connectivity index is 1.24. The minimum Gasteiger partial charge on any atom is -0.459 e. The molecule has 0 radical (unpaired) electrons. The molecule has 2 aromatic carbocycles. The van der Waals surface area contributed by atoms with Gasteiger partial charge in [0, 0.05) is 41.9 Å². The van der Waals surface area contributed by atoms with E-state index in [0.29, 0.717) is 11.6 Å². The summed E-state index contributed by atoms with van der Waals surface area (Å²) in [6.45, 7) is 3.34. The highest BCUT2D eigenvalue weighted by Crippen LogP contribution is 2.23. The Morgan fingerprint density at radius 2 is 1.67 bits per heavy atom. The van der Waals surface area contributed by atoms with Crippen LogP contribution in [-0.4, -0.2) is 42.2 Å². The third kappa shape index (κ3) is 5.02. The van der Waals surface area contributed by atoms with Gasteiger partial charge >= 0.3 is 0 Å². The number of ether oxygens (including phenoxy) is 1. The van der Waals surface area contributed by atoms with Crippen molar-refractivity contribution in [1.82, 2.24) is 9.97 Å². The molecule has 0 atom stereocenters. The first-order valence-corrected chi connectivity index (χ1v) is 10.7. The lowest BCUT2D eigenvalue weighted by atomic mass is 10.1. The SMILES string of the molecule is O=C(Nc1ccc(-c2ccnc(Nc3ccc(N4CCOCC4)cc3)n2)cc1)c1ccco1. The normalized spacial score (nSPS) is 13.5. The molecule has 1 aliphatic rings. The van der Waals surface area contributed by atoms with Crippen molar-refractivity contribution in [3.8, 4) is 11.3 Å². The molecule has 0 spiro atoms. The minimum atomic E-state index is -0.291. The fourth-order valence-electron chi connectivity index (χ4n) is 3.61. The van der Waals surface area contributed by atoms with Crippen molar-refractivity contribution >= 4 is 28.9 Å². The van der Waals surface area contributed by atoms with E-state index in [1.54, 1.807) is 18.3 Å². The second kappa shape index (κ2) is 9.54. The van der Waals surface area contributed by atoms with Crippen LogP contribution in [0.3, 0.4) is 0 Å². The summed E-state index contributed by atoms with van der Waals surface area (Å²) in [6, 6.07) is 20.8. The molecule has 5 rings (SSSR count). The lowest BCUT2D eigenvalue weighted by Crippen LogP contribution is -2.36. The summed E-state index contributed by atoms with van der Waals surface area (Å²) in [5, 5.41) is 6.07. The highest BCUT2D eigenvalue weighted by atomic mass is 16.5. The van der Waals surface area contributed by atoms with Gasteiger partial charge in [-0.1, -0.05) is 12.1 Å². The topological polar surface area (TPSA) is 92.5 Å². The second-order valence-electron chi connectivity index (χ2n) is 7.55. The summed E-state index contributed by atoms with van der Waals surface area (Å²) in [4.78, 5) is 23.4. The van der Waals surface area contributed by atoms with Crippen molar-refractivity contribution in [2.45, 2.75) is 0 Å². The molecule has 4 aromatic rings. The Morgan fingerprint density at radius 3 is 2.39 bits per heavy atom. The average molecular weight is 441 g/mol. The zero-order valence-electron chi connectivity index (χ0n) is 17.9. The first-order chi connectivity index (χ1) is 16.2. The number of carbonyl (C=O) groups excluding carboxylic acids is 1. The zero-order valence-corrected chi connectivity index (χ0v) is 17.9. The number of nitrogens with one attached hydrogen (secondary N) is 2. The van der Waals surface area contributed by atoms with Crippen LogP contribution in [0.15, 0.2) is 83.6 Å². The van der Waals surface area contributed by atoms with Gasteiger partial charge in [-0.15, -0.1) is 0 Å². The number of aromatic nitrogens is 2. The Morgan fingerprint density at radius 1 is 0.909 bits per heavy atom. The molecule has 0 bridgehead atoms. The predicted molar refractivity (Wildman–Crippen MR) is 127 cm³/mol. The van der Waals surface area contributed by atoms with Gasteiger partial charge in [0.15, 0.2) is 5.76 Å². The third-order valence-electron chi connectivity index (χ3n) is 5.34. The van der Waals surface area contributed by atoms with E-state index in [0.717, 1.165) is 43.2 Å². The molecule has 3 heterocycles. The zero-order chi connectivity index (χ0) is 22.5. The fourth-order valence-corrected chi connectivity index (χ4v) is 3.61. The first-order valence-electron chi connectivity index (χ1n) is 10.7. The van der Waals surface area contributed by atoms with E-state index in [4.69, 9.17) is 9.15 Å². The molecule has 1 amide bonds. The highest BCUT2D eigenvalue weighted by molar-refractivity contribution is 6.02. The molecule has 8 heteroatoms. The van der Waals surface area contributed by atoms with Crippen LogP contribution in [0.4, 0.5) is 23.0 Å². The number of benzene rings is 2. The van der Waals surface area contributed by atoms with Gasteiger partial charge in [-0.2, -0.15) is 0 Å². The van der Waals surface area contributed by atoms with Crippen molar-refractivity contribution in [3.63, 3.8) is 0 Å². The number of hydrogen-bond acceptors (Lipinski definition) is 7. The van der Waals surface area contributed by atoms with Gasteiger partial charge in [0.25, 0.3) is 5.91 Å². The Kier molecular flexibility index (Phi) is 5.99. The van der Waals surface area contributed by atoms with Crippen LogP contribution in [0.1, 0.15) is 10.6 Å². The Hall–Kier alpha value is -4.17. The summed E-state index contributed by atoms with van der Waals surface area (Å²) < 4.78 is 10.5. The first kappa shape index (κ1) is 20.7. The standard InChI is InChI=1S/C25H23N5O3/c31-24(23-2-1-15-33-23)27-19-5-3-18(4-6-19)22-11-12-26-25(29-22)28-20-7-9-21(10-8-20)30-13-16-32-17-14-30/h1-12,15H,13-14,16-17H2,(H,27,31)(H,26,28,29). The van der Waals surface area contributed by atoms with E-state index in [1.807, 2.05) is 42.5 Å². The molecule has 2 aromatic heterocycles. The smallest absolute Gasteiger partial charge is 0.291 e. The molecule has 1 fully saturated rings. The number of rotatable bonds is 6. The quantitative estimate of drug-likeness (QED) is 0.453. The number of carbonyl (C=O) groups is 1. The highest BCUT2D eigenvalue weighted by Gasteiger charge is 2.11. The molecule has 33 heavy (non-hydrogen) atoms.